The van der Waals surface area contributed by atoms with E-state index in [1.54, 1.807) is 10.4 Å². The van der Waals surface area contributed by atoms with E-state index in [1.807, 2.05) is 0 Å². The van der Waals surface area contributed by atoms with Gasteiger partial charge in [0.2, 0.25) is 0 Å². The molecular weight excluding hydrogens is 581 g/mol. The fourth-order valence-electron chi connectivity index (χ4n) is 4.10. The fourth-order valence-corrected chi connectivity index (χ4v) is 6.59. The van der Waals surface area contributed by atoms with E-state index in [4.69, 9.17) is 0 Å². The Balaban J connectivity index is 0.000000308. The third-order valence-corrected chi connectivity index (χ3v) is 10.8. The van der Waals surface area contributed by atoms with Gasteiger partial charge in [0.15, 0.2) is 0 Å². The number of rotatable bonds is 4. The predicted molar refractivity (Wildman–Crippen MR) is 183 cm³/mol. The van der Waals surface area contributed by atoms with Crippen molar-refractivity contribution in [2.75, 3.05) is 0 Å². The van der Waals surface area contributed by atoms with Gasteiger partial charge in [0.25, 0.3) is 0 Å². The second-order valence-corrected chi connectivity index (χ2v) is 22.2. The molecular formula is C36H50NbSi2-4. The van der Waals surface area contributed by atoms with Crippen LogP contribution >= 0.6 is 0 Å². The number of hydrogen-bond acceptors (Lipinski definition) is 0. The number of benzene rings is 3. The van der Waals surface area contributed by atoms with Gasteiger partial charge >= 0.3 is 0 Å². The largest absolute Gasteiger partial charge is 0.343 e. The number of unbranched alkanes of at least 4 members (excludes halogenated alkanes) is 2. The molecule has 0 N–H and O–H groups in total. The average molecular weight is 632 g/mol. The van der Waals surface area contributed by atoms with Gasteiger partial charge in [-0.15, -0.1) is 39.7 Å². The van der Waals surface area contributed by atoms with Crippen molar-refractivity contribution in [2.45, 2.75) is 78.8 Å². The normalized spacial score (nSPS) is 11.0. The monoisotopic (exact) mass is 631 g/mol. The first-order valence-electron chi connectivity index (χ1n) is 14.3. The Labute approximate surface area is 257 Å². The SMILES string of the molecule is C[Si](C)(C)c1cc[c-]([Si](C)(C)C)c1.[CH2-]CCC.[CH2-]CCC.[Nb].c1ccc2c(c1)ccc1[cH-]c3ccccc3c12. The molecule has 5 aromatic rings. The van der Waals surface area contributed by atoms with Crippen LogP contribution in [0.4, 0.5) is 0 Å². The summed E-state index contributed by atoms with van der Waals surface area (Å²) < 4.78 is 0. The summed E-state index contributed by atoms with van der Waals surface area (Å²) in [7, 11) is -2.14. The van der Waals surface area contributed by atoms with E-state index in [1.165, 1.54) is 45.2 Å². The van der Waals surface area contributed by atoms with Crippen LogP contribution in [0.3, 0.4) is 0 Å². The molecule has 0 aliphatic carbocycles. The van der Waals surface area contributed by atoms with Crippen molar-refractivity contribution in [3.63, 3.8) is 0 Å². The molecule has 1 radical (unpaired) electrons. The number of hydrogen-bond donors (Lipinski definition) is 0. The van der Waals surface area contributed by atoms with Crippen LogP contribution in [0.15, 0.2) is 84.9 Å². The first-order valence-corrected chi connectivity index (χ1v) is 21.3. The maximum atomic E-state index is 3.60. The third kappa shape index (κ3) is 10.3. The molecule has 0 aliphatic rings. The van der Waals surface area contributed by atoms with Crippen molar-refractivity contribution in [3.8, 4) is 0 Å². The molecule has 39 heavy (non-hydrogen) atoms. The van der Waals surface area contributed by atoms with Crippen LogP contribution in [-0.2, 0) is 22.4 Å². The van der Waals surface area contributed by atoms with Crippen molar-refractivity contribution in [1.82, 2.24) is 0 Å². The van der Waals surface area contributed by atoms with E-state index >= 15 is 0 Å². The van der Waals surface area contributed by atoms with E-state index in [9.17, 15) is 0 Å². The summed E-state index contributed by atoms with van der Waals surface area (Å²) in [5.74, 6) is 0. The zero-order chi connectivity index (χ0) is 28.3. The summed E-state index contributed by atoms with van der Waals surface area (Å²) in [6.45, 7) is 25.9. The van der Waals surface area contributed by atoms with Crippen LogP contribution in [0.5, 0.6) is 0 Å². The zero-order valence-corrected chi connectivity index (χ0v) is 30.0. The smallest absolute Gasteiger partial charge is 0.0147 e. The molecule has 0 aliphatic heterocycles. The average Bonchev–Trinajstić information content (AvgIpc) is 3.55. The molecule has 0 unspecified atom stereocenters. The molecule has 211 valence electrons. The predicted octanol–water partition coefficient (Wildman–Crippen LogP) is 10.6. The fraction of sp³-hybridized carbons (Fsp3) is 0.333. The van der Waals surface area contributed by atoms with Crippen LogP contribution in [0.1, 0.15) is 39.5 Å². The molecule has 0 aromatic heterocycles. The topological polar surface area (TPSA) is 0 Å². The summed E-state index contributed by atoms with van der Waals surface area (Å²) in [5.41, 5.74) is 0. The molecule has 5 aromatic carbocycles. The molecule has 0 nitrogen and oxygen atoms in total. The van der Waals surface area contributed by atoms with Crippen LogP contribution in [0.2, 0.25) is 39.3 Å². The molecule has 0 fully saturated rings. The van der Waals surface area contributed by atoms with Gasteiger partial charge in [-0.2, -0.15) is 30.2 Å². The van der Waals surface area contributed by atoms with Gasteiger partial charge in [0.05, 0.1) is 0 Å². The minimum atomic E-state index is -1.07. The summed E-state index contributed by atoms with van der Waals surface area (Å²) in [4.78, 5) is 0. The molecule has 0 atom stereocenters. The first kappa shape index (κ1) is 35.3. The van der Waals surface area contributed by atoms with Gasteiger partial charge in [0.1, 0.15) is 0 Å². The van der Waals surface area contributed by atoms with Gasteiger partial charge in [-0.1, -0.05) is 120 Å². The summed E-state index contributed by atoms with van der Waals surface area (Å²) in [6, 6.07) is 31.1. The summed E-state index contributed by atoms with van der Waals surface area (Å²) >= 11 is 0. The van der Waals surface area contributed by atoms with Crippen molar-refractivity contribution < 1.29 is 22.4 Å². The summed E-state index contributed by atoms with van der Waals surface area (Å²) in [6.07, 6.45) is 4.56. The quantitative estimate of drug-likeness (QED) is 0.137. The Hall–Kier alpha value is -1.69. The Bertz CT molecular complexity index is 1330. The van der Waals surface area contributed by atoms with Crippen molar-refractivity contribution in [1.29, 1.82) is 0 Å². The second kappa shape index (κ2) is 16.5. The number of fused-ring (bicyclic) bond motifs is 5. The Kier molecular flexibility index (Phi) is 15.0. The Morgan fingerprint density at radius 3 is 1.72 bits per heavy atom. The molecule has 0 spiro atoms. The van der Waals surface area contributed by atoms with Gasteiger partial charge in [-0.25, -0.2) is 11.3 Å². The van der Waals surface area contributed by atoms with Crippen molar-refractivity contribution >= 4 is 58.8 Å². The van der Waals surface area contributed by atoms with Gasteiger partial charge in [0, 0.05) is 38.5 Å². The molecule has 0 amide bonds. The molecule has 0 heterocycles. The molecule has 3 heteroatoms. The van der Waals surface area contributed by atoms with E-state index in [0.29, 0.717) is 0 Å². The Morgan fingerprint density at radius 1 is 0.692 bits per heavy atom. The standard InChI is InChI=1S/C17H11.C11H21Si2.2C4H9.Nb/c1-3-7-15-12(5-1)9-10-14-11-13-6-2-4-8-16(13)17(14)15;1-12(2,3)10-7-8-11(9-10)13(4,5)6;2*1-3-4-2;/h1-11H;7-9H,1-6H3;2*1,3-4H2,2H3;/q4*-1;. The molecule has 0 saturated carbocycles. The summed E-state index contributed by atoms with van der Waals surface area (Å²) in [5, 5.41) is 11.3. The molecule has 0 bridgehead atoms. The maximum Gasteiger partial charge on any atom is 0.0147 e. The van der Waals surface area contributed by atoms with E-state index in [0.717, 1.165) is 12.8 Å². The van der Waals surface area contributed by atoms with E-state index in [-0.39, 0.29) is 22.4 Å². The first-order chi connectivity index (χ1) is 18.0. The maximum absolute atomic E-state index is 3.60. The van der Waals surface area contributed by atoms with Crippen LogP contribution in [-0.4, -0.2) is 16.1 Å². The van der Waals surface area contributed by atoms with E-state index < -0.39 is 16.1 Å². The molecule has 5 rings (SSSR count). The molecule has 0 saturated heterocycles. The Morgan fingerprint density at radius 2 is 1.23 bits per heavy atom. The minimum absolute atomic E-state index is 0. The van der Waals surface area contributed by atoms with Crippen LogP contribution in [0.25, 0.3) is 32.3 Å². The van der Waals surface area contributed by atoms with Crippen molar-refractivity contribution in [2.24, 2.45) is 0 Å². The third-order valence-electron chi connectivity index (χ3n) is 6.69. The minimum Gasteiger partial charge on any atom is -0.343 e. The van der Waals surface area contributed by atoms with E-state index in [2.05, 4.69) is 152 Å². The van der Waals surface area contributed by atoms with Crippen molar-refractivity contribution in [3.05, 3.63) is 98.8 Å². The van der Waals surface area contributed by atoms with Gasteiger partial charge in [-0.3, -0.25) is 0 Å². The second-order valence-electron chi connectivity index (χ2n) is 12.1. The van der Waals surface area contributed by atoms with Gasteiger partial charge in [-0.05, 0) is 5.39 Å². The van der Waals surface area contributed by atoms with Crippen LogP contribution in [0, 0.1) is 13.8 Å². The zero-order valence-electron chi connectivity index (χ0n) is 25.8. The van der Waals surface area contributed by atoms with Crippen LogP contribution < -0.4 is 10.4 Å². The van der Waals surface area contributed by atoms with Gasteiger partial charge < -0.3 is 13.8 Å².